The van der Waals surface area contributed by atoms with Crippen LogP contribution >= 0.6 is 0 Å². The molecule has 1 atom stereocenters. The molecule has 0 aromatic heterocycles. The number of nitrogens with two attached hydrogens (primary N) is 2. The molecule has 76 valence electrons. The Hall–Kier alpha value is -0.610. The minimum atomic E-state index is -0.221. The molecule has 1 aliphatic rings. The molecule has 0 saturated carbocycles. The van der Waals surface area contributed by atoms with E-state index in [1.807, 2.05) is 0 Å². The number of rotatable bonds is 4. The first-order valence-electron chi connectivity index (χ1n) is 4.96. The van der Waals surface area contributed by atoms with Crippen LogP contribution in [-0.2, 0) is 4.79 Å². The van der Waals surface area contributed by atoms with Gasteiger partial charge in [0.15, 0.2) is 0 Å². The molecule has 4 heteroatoms. The highest BCUT2D eigenvalue weighted by Gasteiger charge is 2.20. The topological polar surface area (TPSA) is 72.3 Å². The van der Waals surface area contributed by atoms with Crippen molar-refractivity contribution in [3.05, 3.63) is 0 Å². The van der Waals surface area contributed by atoms with E-state index in [0.29, 0.717) is 19.0 Å². The van der Waals surface area contributed by atoms with E-state index in [0.717, 1.165) is 19.5 Å². The summed E-state index contributed by atoms with van der Waals surface area (Å²) in [6.07, 6.45) is 4.09. The fraction of sp³-hybridized carbons (Fsp3) is 0.889. The zero-order valence-electron chi connectivity index (χ0n) is 8.04. The van der Waals surface area contributed by atoms with Gasteiger partial charge in [-0.25, -0.2) is 0 Å². The van der Waals surface area contributed by atoms with E-state index >= 15 is 0 Å². The molecular formula is C9H19N3O. The molecule has 1 fully saturated rings. The molecule has 1 unspecified atom stereocenters. The van der Waals surface area contributed by atoms with Crippen LogP contribution in [-0.4, -0.2) is 36.5 Å². The van der Waals surface area contributed by atoms with Crippen LogP contribution in [0.25, 0.3) is 0 Å². The smallest absolute Gasteiger partial charge is 0.218 e. The fourth-order valence-corrected chi connectivity index (χ4v) is 1.88. The Kier molecular flexibility index (Phi) is 4.18. The summed E-state index contributed by atoms with van der Waals surface area (Å²) in [5.41, 5.74) is 10.7. The highest BCUT2D eigenvalue weighted by atomic mass is 16.1. The summed E-state index contributed by atoms with van der Waals surface area (Å²) in [4.78, 5) is 12.9. The number of hydrogen-bond acceptors (Lipinski definition) is 3. The number of likely N-dealkylation sites (tertiary alicyclic amines) is 1. The normalized spacial score (nSPS) is 24.5. The maximum Gasteiger partial charge on any atom is 0.218 e. The molecule has 0 radical (unpaired) electrons. The molecule has 0 aromatic carbocycles. The van der Waals surface area contributed by atoms with Crippen LogP contribution in [0.4, 0.5) is 0 Å². The number of amides is 1. The zero-order chi connectivity index (χ0) is 9.68. The maximum atomic E-state index is 10.6. The van der Waals surface area contributed by atoms with E-state index in [1.54, 1.807) is 0 Å². The van der Waals surface area contributed by atoms with Gasteiger partial charge in [0.1, 0.15) is 0 Å². The Bertz CT molecular complexity index is 172. The third-order valence-corrected chi connectivity index (χ3v) is 2.67. The summed E-state index contributed by atoms with van der Waals surface area (Å²) in [5.74, 6) is -0.221. The van der Waals surface area contributed by atoms with Crippen molar-refractivity contribution in [2.24, 2.45) is 11.5 Å². The van der Waals surface area contributed by atoms with Crippen LogP contribution in [0.5, 0.6) is 0 Å². The summed E-state index contributed by atoms with van der Waals surface area (Å²) in [7, 11) is 0. The summed E-state index contributed by atoms with van der Waals surface area (Å²) in [6.45, 7) is 2.53. The van der Waals surface area contributed by atoms with Crippen molar-refractivity contribution >= 4 is 5.91 Å². The van der Waals surface area contributed by atoms with Gasteiger partial charge >= 0.3 is 0 Å². The van der Waals surface area contributed by atoms with E-state index in [1.165, 1.54) is 12.8 Å². The Morgan fingerprint density at radius 1 is 1.46 bits per heavy atom. The molecule has 0 aromatic rings. The van der Waals surface area contributed by atoms with Crippen molar-refractivity contribution in [1.82, 2.24) is 4.90 Å². The van der Waals surface area contributed by atoms with Crippen LogP contribution in [0.15, 0.2) is 0 Å². The number of nitrogens with zero attached hydrogens (tertiary/aromatic N) is 1. The zero-order valence-corrected chi connectivity index (χ0v) is 8.04. The molecule has 1 amide bonds. The molecule has 13 heavy (non-hydrogen) atoms. The monoisotopic (exact) mass is 185 g/mol. The van der Waals surface area contributed by atoms with Crippen LogP contribution < -0.4 is 11.5 Å². The molecule has 0 aliphatic carbocycles. The average Bonchev–Trinajstić information content (AvgIpc) is 2.15. The molecule has 4 nitrogen and oxygen atoms in total. The molecular weight excluding hydrogens is 166 g/mol. The number of hydrogen-bond donors (Lipinski definition) is 2. The van der Waals surface area contributed by atoms with Crippen molar-refractivity contribution in [1.29, 1.82) is 0 Å². The van der Waals surface area contributed by atoms with Gasteiger partial charge in [-0.3, -0.25) is 9.69 Å². The molecule has 1 saturated heterocycles. The van der Waals surface area contributed by atoms with Crippen molar-refractivity contribution in [2.75, 3.05) is 19.6 Å². The standard InChI is InChI=1S/C9H19N3O/c10-7-8-3-1-2-5-12(8)6-4-9(11)13/h8H,1-7,10H2,(H2,11,13). The minimum Gasteiger partial charge on any atom is -0.370 e. The summed E-state index contributed by atoms with van der Waals surface area (Å²) < 4.78 is 0. The largest absolute Gasteiger partial charge is 0.370 e. The van der Waals surface area contributed by atoms with E-state index in [9.17, 15) is 4.79 Å². The van der Waals surface area contributed by atoms with Gasteiger partial charge in [-0.1, -0.05) is 6.42 Å². The van der Waals surface area contributed by atoms with Crippen LogP contribution in [0.2, 0.25) is 0 Å². The Labute approximate surface area is 79.3 Å². The number of carbonyl (C=O) groups is 1. The van der Waals surface area contributed by atoms with Crippen LogP contribution in [0, 0.1) is 0 Å². The van der Waals surface area contributed by atoms with E-state index in [4.69, 9.17) is 11.5 Å². The molecule has 1 heterocycles. The van der Waals surface area contributed by atoms with Crippen molar-refractivity contribution in [3.63, 3.8) is 0 Å². The van der Waals surface area contributed by atoms with Gasteiger partial charge in [-0.2, -0.15) is 0 Å². The van der Waals surface area contributed by atoms with Crippen molar-refractivity contribution < 1.29 is 4.79 Å². The predicted octanol–water partition coefficient (Wildman–Crippen LogP) is -0.325. The fourth-order valence-electron chi connectivity index (χ4n) is 1.88. The number of piperidine rings is 1. The SMILES string of the molecule is NCC1CCCCN1CCC(N)=O. The molecule has 4 N–H and O–H groups in total. The van der Waals surface area contributed by atoms with Gasteiger partial charge in [-0.05, 0) is 19.4 Å². The molecule has 0 spiro atoms. The molecule has 1 aliphatic heterocycles. The van der Waals surface area contributed by atoms with Gasteiger partial charge in [0, 0.05) is 25.6 Å². The number of primary amides is 1. The second-order valence-corrected chi connectivity index (χ2v) is 3.64. The first-order valence-corrected chi connectivity index (χ1v) is 4.96. The Balaban J connectivity index is 2.31. The minimum absolute atomic E-state index is 0.221. The lowest BCUT2D eigenvalue weighted by Crippen LogP contribution is -2.45. The second kappa shape index (κ2) is 5.19. The first kappa shape index (κ1) is 10.5. The summed E-state index contributed by atoms with van der Waals surface area (Å²) >= 11 is 0. The Morgan fingerprint density at radius 2 is 2.23 bits per heavy atom. The van der Waals surface area contributed by atoms with Crippen molar-refractivity contribution in [3.8, 4) is 0 Å². The quantitative estimate of drug-likeness (QED) is 0.630. The van der Waals surface area contributed by atoms with Gasteiger partial charge in [0.05, 0.1) is 0 Å². The van der Waals surface area contributed by atoms with Gasteiger partial charge in [0.2, 0.25) is 5.91 Å². The average molecular weight is 185 g/mol. The molecule has 0 bridgehead atoms. The van der Waals surface area contributed by atoms with Crippen LogP contribution in [0.3, 0.4) is 0 Å². The third-order valence-electron chi connectivity index (χ3n) is 2.67. The van der Waals surface area contributed by atoms with Crippen LogP contribution in [0.1, 0.15) is 25.7 Å². The third kappa shape index (κ3) is 3.32. The van der Waals surface area contributed by atoms with Gasteiger partial charge in [-0.15, -0.1) is 0 Å². The highest BCUT2D eigenvalue weighted by Crippen LogP contribution is 2.15. The van der Waals surface area contributed by atoms with E-state index < -0.39 is 0 Å². The maximum absolute atomic E-state index is 10.6. The highest BCUT2D eigenvalue weighted by molar-refractivity contribution is 5.73. The van der Waals surface area contributed by atoms with Crippen molar-refractivity contribution in [2.45, 2.75) is 31.7 Å². The summed E-state index contributed by atoms with van der Waals surface area (Å²) in [5, 5.41) is 0. The first-order chi connectivity index (χ1) is 6.24. The second-order valence-electron chi connectivity index (χ2n) is 3.64. The van der Waals surface area contributed by atoms with Gasteiger partial charge in [0.25, 0.3) is 0 Å². The van der Waals surface area contributed by atoms with Gasteiger partial charge < -0.3 is 11.5 Å². The molecule has 1 rings (SSSR count). The Morgan fingerprint density at radius 3 is 2.85 bits per heavy atom. The summed E-state index contributed by atoms with van der Waals surface area (Å²) in [6, 6.07) is 0.466. The van der Waals surface area contributed by atoms with E-state index in [-0.39, 0.29) is 5.91 Å². The lowest BCUT2D eigenvalue weighted by atomic mass is 10.0. The number of carbonyl (C=O) groups excluding carboxylic acids is 1. The van der Waals surface area contributed by atoms with E-state index in [2.05, 4.69) is 4.90 Å². The lowest BCUT2D eigenvalue weighted by molar-refractivity contribution is -0.118. The lowest BCUT2D eigenvalue weighted by Gasteiger charge is -2.34. The predicted molar refractivity (Wildman–Crippen MR) is 52.1 cm³/mol.